The van der Waals surface area contributed by atoms with Crippen molar-refractivity contribution < 1.29 is 14.3 Å². The van der Waals surface area contributed by atoms with Gasteiger partial charge in [0, 0.05) is 57.2 Å². The highest BCUT2D eigenvalue weighted by molar-refractivity contribution is 5.82. The van der Waals surface area contributed by atoms with Crippen LogP contribution in [-0.2, 0) is 20.7 Å². The van der Waals surface area contributed by atoms with Crippen LogP contribution >= 0.6 is 0 Å². The monoisotopic (exact) mass is 374 g/mol. The van der Waals surface area contributed by atoms with Gasteiger partial charge in [-0.05, 0) is 44.2 Å². The van der Waals surface area contributed by atoms with Crippen molar-refractivity contribution in [3.8, 4) is 0 Å². The highest BCUT2D eigenvalue weighted by Crippen LogP contribution is 2.26. The van der Waals surface area contributed by atoms with Gasteiger partial charge in [-0.1, -0.05) is 6.07 Å². The molecule has 2 atom stereocenters. The Hall–Kier alpha value is -1.99. The summed E-state index contributed by atoms with van der Waals surface area (Å²) >= 11 is 0. The molecule has 0 aromatic carbocycles. The number of aryl methyl sites for hydroxylation is 1. The van der Waals surface area contributed by atoms with Crippen LogP contribution in [0.3, 0.4) is 0 Å². The molecule has 2 amide bonds. The number of nitrogens with zero attached hydrogens (tertiary/aromatic N) is 2. The first-order valence-electron chi connectivity index (χ1n) is 9.96. The van der Waals surface area contributed by atoms with Gasteiger partial charge in [0.15, 0.2) is 0 Å². The first kappa shape index (κ1) is 19.8. The predicted molar refractivity (Wildman–Crippen MR) is 102 cm³/mol. The third-order valence-corrected chi connectivity index (χ3v) is 5.38. The lowest BCUT2D eigenvalue weighted by atomic mass is 10.1. The zero-order valence-electron chi connectivity index (χ0n) is 16.0. The second kappa shape index (κ2) is 9.80. The van der Waals surface area contributed by atoms with E-state index in [4.69, 9.17) is 4.74 Å². The first-order valence-corrected chi connectivity index (χ1v) is 9.96. The Morgan fingerprint density at radius 1 is 1.33 bits per heavy atom. The van der Waals surface area contributed by atoms with Crippen LogP contribution in [0.25, 0.3) is 0 Å². The van der Waals surface area contributed by atoms with Gasteiger partial charge < -0.3 is 15.4 Å². The topological polar surface area (TPSA) is 83.6 Å². The molecule has 0 bridgehead atoms. The van der Waals surface area contributed by atoms with Crippen molar-refractivity contribution in [2.75, 3.05) is 26.3 Å². The van der Waals surface area contributed by atoms with E-state index in [1.54, 1.807) is 12.4 Å². The minimum Gasteiger partial charge on any atom is -0.381 e. The summed E-state index contributed by atoms with van der Waals surface area (Å²) in [7, 11) is 0. The fraction of sp³-hybridized carbons (Fsp3) is 0.650. The highest BCUT2D eigenvalue weighted by atomic mass is 16.5. The Morgan fingerprint density at radius 2 is 2.15 bits per heavy atom. The van der Waals surface area contributed by atoms with Crippen LogP contribution in [0.15, 0.2) is 24.5 Å². The Kier molecular flexibility index (Phi) is 7.18. The smallest absolute Gasteiger partial charge is 0.237 e. The van der Waals surface area contributed by atoms with Crippen LogP contribution in [0.5, 0.6) is 0 Å². The second-order valence-corrected chi connectivity index (χ2v) is 7.31. The molecule has 0 spiro atoms. The summed E-state index contributed by atoms with van der Waals surface area (Å²) in [6.07, 6.45) is 7.19. The van der Waals surface area contributed by atoms with Crippen molar-refractivity contribution in [3.63, 3.8) is 0 Å². The molecule has 1 aromatic rings. The lowest BCUT2D eigenvalue weighted by molar-refractivity contribution is -0.127. The molecule has 7 heteroatoms. The minimum atomic E-state index is -0.170. The van der Waals surface area contributed by atoms with Crippen LogP contribution in [0, 0.1) is 0 Å². The summed E-state index contributed by atoms with van der Waals surface area (Å²) in [5.74, 6) is 0.100. The standard InChI is InChI=1S/C20H30N4O3/c1-2-22-20(26)18-12-16(14-24(18)17-7-10-27-11-8-17)23-19(25)6-5-15-4-3-9-21-13-15/h3-4,9,13,16-18H,2,5-8,10-12,14H2,1H3,(H,22,26)(H,23,25)/t16-,18-/m0/s1. The number of nitrogens with one attached hydrogen (secondary N) is 2. The molecule has 0 unspecified atom stereocenters. The fourth-order valence-electron chi connectivity index (χ4n) is 4.04. The molecule has 2 N–H and O–H groups in total. The number of aromatic nitrogens is 1. The SMILES string of the molecule is CCNC(=O)[C@@H]1C[C@H](NC(=O)CCc2cccnc2)CN1C1CCOCC1. The molecule has 2 saturated heterocycles. The van der Waals surface area contributed by atoms with Gasteiger partial charge in [-0.2, -0.15) is 0 Å². The Morgan fingerprint density at radius 3 is 2.85 bits per heavy atom. The summed E-state index contributed by atoms with van der Waals surface area (Å²) in [5, 5.41) is 6.08. The van der Waals surface area contributed by atoms with E-state index in [9.17, 15) is 9.59 Å². The van der Waals surface area contributed by atoms with Crippen molar-refractivity contribution in [1.29, 1.82) is 0 Å². The Labute approximate surface area is 160 Å². The summed E-state index contributed by atoms with van der Waals surface area (Å²) in [5.41, 5.74) is 1.06. The highest BCUT2D eigenvalue weighted by Gasteiger charge is 2.40. The molecule has 2 fully saturated rings. The second-order valence-electron chi connectivity index (χ2n) is 7.31. The molecule has 148 valence electrons. The molecule has 3 heterocycles. The number of carbonyl (C=O) groups is 2. The Bertz CT molecular complexity index is 619. The van der Waals surface area contributed by atoms with Crippen molar-refractivity contribution in [2.24, 2.45) is 0 Å². The van der Waals surface area contributed by atoms with E-state index >= 15 is 0 Å². The van der Waals surface area contributed by atoms with Gasteiger partial charge in [-0.3, -0.25) is 19.5 Å². The van der Waals surface area contributed by atoms with Crippen molar-refractivity contribution in [3.05, 3.63) is 30.1 Å². The third-order valence-electron chi connectivity index (χ3n) is 5.38. The minimum absolute atomic E-state index is 0.0156. The number of likely N-dealkylation sites (N-methyl/N-ethyl adjacent to an activating group) is 1. The van der Waals surface area contributed by atoms with E-state index < -0.39 is 0 Å². The van der Waals surface area contributed by atoms with Gasteiger partial charge in [-0.25, -0.2) is 0 Å². The van der Waals surface area contributed by atoms with E-state index in [0.29, 0.717) is 31.8 Å². The van der Waals surface area contributed by atoms with Crippen molar-refractivity contribution in [1.82, 2.24) is 20.5 Å². The number of carbonyl (C=O) groups excluding carboxylic acids is 2. The van der Waals surface area contributed by atoms with Crippen LogP contribution in [0.2, 0.25) is 0 Å². The van der Waals surface area contributed by atoms with Gasteiger partial charge in [0.2, 0.25) is 11.8 Å². The lowest BCUT2D eigenvalue weighted by Gasteiger charge is -2.34. The molecule has 3 rings (SSSR count). The van der Waals surface area contributed by atoms with Crippen LogP contribution in [-0.4, -0.2) is 66.1 Å². The van der Waals surface area contributed by atoms with Gasteiger partial charge in [0.25, 0.3) is 0 Å². The molecule has 1 aromatic heterocycles. The summed E-state index contributed by atoms with van der Waals surface area (Å²) in [4.78, 5) is 31.3. The van der Waals surface area contributed by atoms with Crippen molar-refractivity contribution in [2.45, 2.75) is 57.2 Å². The van der Waals surface area contributed by atoms with E-state index in [1.807, 2.05) is 19.1 Å². The quantitative estimate of drug-likeness (QED) is 0.741. The Balaban J connectivity index is 1.55. The van der Waals surface area contributed by atoms with E-state index in [-0.39, 0.29) is 23.9 Å². The van der Waals surface area contributed by atoms with Crippen LogP contribution < -0.4 is 10.6 Å². The zero-order valence-corrected chi connectivity index (χ0v) is 16.0. The predicted octanol–water partition coefficient (Wildman–Crippen LogP) is 0.888. The first-order chi connectivity index (χ1) is 13.2. The number of hydrogen-bond donors (Lipinski definition) is 2. The normalized spacial score (nSPS) is 23.9. The summed E-state index contributed by atoms with van der Waals surface area (Å²) in [6.45, 7) is 4.77. The average Bonchev–Trinajstić information content (AvgIpc) is 3.12. The zero-order chi connectivity index (χ0) is 19.1. The van der Waals surface area contributed by atoms with Crippen LogP contribution in [0.1, 0.15) is 38.2 Å². The maximum absolute atomic E-state index is 12.5. The third kappa shape index (κ3) is 5.49. The lowest BCUT2D eigenvalue weighted by Crippen LogP contribution is -2.49. The number of likely N-dealkylation sites (tertiary alicyclic amines) is 1. The number of rotatable bonds is 7. The molecule has 2 aliphatic rings. The molecular weight excluding hydrogens is 344 g/mol. The molecule has 0 radical (unpaired) electrons. The maximum atomic E-state index is 12.5. The summed E-state index contributed by atoms with van der Waals surface area (Å²) in [6, 6.07) is 4.06. The molecular formula is C20H30N4O3. The summed E-state index contributed by atoms with van der Waals surface area (Å²) < 4.78 is 5.47. The van der Waals surface area contributed by atoms with E-state index in [1.165, 1.54) is 0 Å². The molecule has 0 saturated carbocycles. The van der Waals surface area contributed by atoms with Gasteiger partial charge in [0.05, 0.1) is 6.04 Å². The number of amides is 2. The molecule has 7 nitrogen and oxygen atoms in total. The number of pyridine rings is 1. The number of ether oxygens (including phenoxy) is 1. The van der Waals surface area contributed by atoms with Crippen molar-refractivity contribution >= 4 is 11.8 Å². The maximum Gasteiger partial charge on any atom is 0.237 e. The number of hydrogen-bond acceptors (Lipinski definition) is 5. The molecule has 0 aliphatic carbocycles. The fourth-order valence-corrected chi connectivity index (χ4v) is 4.04. The largest absolute Gasteiger partial charge is 0.381 e. The van der Waals surface area contributed by atoms with Crippen LogP contribution in [0.4, 0.5) is 0 Å². The van der Waals surface area contributed by atoms with Gasteiger partial charge >= 0.3 is 0 Å². The molecule has 27 heavy (non-hydrogen) atoms. The van der Waals surface area contributed by atoms with Gasteiger partial charge in [0.1, 0.15) is 0 Å². The van der Waals surface area contributed by atoms with E-state index in [0.717, 1.165) is 38.2 Å². The molecule has 2 aliphatic heterocycles. The van der Waals surface area contributed by atoms with E-state index in [2.05, 4.69) is 20.5 Å². The average molecular weight is 374 g/mol. The van der Waals surface area contributed by atoms with Gasteiger partial charge in [-0.15, -0.1) is 0 Å².